The quantitative estimate of drug-likeness (QED) is 0.912. The Hall–Kier alpha value is -1.57. The number of methoxy groups -OCH3 is 1. The van der Waals surface area contributed by atoms with E-state index in [4.69, 9.17) is 16.3 Å². The van der Waals surface area contributed by atoms with Gasteiger partial charge in [0, 0.05) is 18.7 Å². The second-order valence-electron chi connectivity index (χ2n) is 4.54. The van der Waals surface area contributed by atoms with Gasteiger partial charge in [-0.05, 0) is 13.0 Å². The fourth-order valence-corrected chi connectivity index (χ4v) is 3.60. The lowest BCUT2D eigenvalue weighted by Gasteiger charge is -2.16. The van der Waals surface area contributed by atoms with Gasteiger partial charge in [-0.3, -0.25) is 0 Å². The maximum absolute atomic E-state index is 12.3. The summed E-state index contributed by atoms with van der Waals surface area (Å²) in [7, 11) is -0.652. The lowest BCUT2D eigenvalue weighted by molar-refractivity contribution is 0.405. The molecule has 0 spiro atoms. The van der Waals surface area contributed by atoms with Crippen molar-refractivity contribution in [3.63, 3.8) is 0 Å². The maximum Gasteiger partial charge on any atom is 0.261 e. The normalized spacial score (nSPS) is 13.1. The van der Waals surface area contributed by atoms with Crippen molar-refractivity contribution in [3.05, 3.63) is 41.3 Å². The summed E-state index contributed by atoms with van der Waals surface area (Å²) in [5.41, 5.74) is 0.732. The summed E-state index contributed by atoms with van der Waals surface area (Å²) in [6.45, 7) is 1.73. The van der Waals surface area contributed by atoms with Crippen molar-refractivity contribution in [2.75, 3.05) is 7.11 Å². The highest BCUT2D eigenvalue weighted by atomic mass is 35.5. The predicted octanol–water partition coefficient (Wildman–Crippen LogP) is 2.12. The van der Waals surface area contributed by atoms with Crippen LogP contribution in [0.15, 0.2) is 35.6 Å². The molecule has 0 aliphatic carbocycles. The number of aryl methyl sites for hydroxylation is 1. The maximum atomic E-state index is 12.3. The first-order valence-electron chi connectivity index (χ1n) is 6.19. The predicted molar refractivity (Wildman–Crippen MR) is 79.9 cm³/mol. The van der Waals surface area contributed by atoms with Gasteiger partial charge < -0.3 is 9.30 Å². The van der Waals surface area contributed by atoms with E-state index in [1.165, 1.54) is 18.0 Å². The number of para-hydroxylation sites is 1. The Balaban J connectivity index is 2.30. The molecule has 1 aromatic heterocycles. The number of halogens is 1. The summed E-state index contributed by atoms with van der Waals surface area (Å²) in [6.07, 6.45) is 1.35. The number of nitrogens with zero attached hydrogens (tertiary/aromatic N) is 2. The zero-order valence-corrected chi connectivity index (χ0v) is 13.4. The highest BCUT2D eigenvalue weighted by molar-refractivity contribution is 7.89. The molecule has 1 unspecified atom stereocenters. The molecule has 0 aliphatic rings. The van der Waals surface area contributed by atoms with E-state index in [9.17, 15) is 8.42 Å². The van der Waals surface area contributed by atoms with Crippen LogP contribution in [0.1, 0.15) is 18.5 Å². The van der Waals surface area contributed by atoms with E-state index in [2.05, 4.69) is 9.71 Å². The summed E-state index contributed by atoms with van der Waals surface area (Å²) in [5, 5.41) is -0.122. The van der Waals surface area contributed by atoms with Gasteiger partial charge in [-0.1, -0.05) is 29.8 Å². The van der Waals surface area contributed by atoms with E-state index in [0.717, 1.165) is 5.56 Å². The first kappa shape index (κ1) is 15.8. The van der Waals surface area contributed by atoms with Crippen LogP contribution in [0.2, 0.25) is 5.15 Å². The SMILES string of the molecule is COc1ccccc1C(C)NS(=O)(=O)c1ncn(C)c1Cl. The third-order valence-corrected chi connectivity index (χ3v) is 5.06. The number of ether oxygens (including phenoxy) is 1. The average molecular weight is 330 g/mol. The number of imidazole rings is 1. The van der Waals surface area contributed by atoms with E-state index in [1.807, 2.05) is 12.1 Å². The molecule has 0 fully saturated rings. The topological polar surface area (TPSA) is 73.2 Å². The third-order valence-electron chi connectivity index (χ3n) is 3.03. The molecule has 1 N–H and O–H groups in total. The fourth-order valence-electron chi connectivity index (χ4n) is 1.95. The lowest BCUT2D eigenvalue weighted by atomic mass is 10.1. The van der Waals surface area contributed by atoms with Crippen LogP contribution in [0.5, 0.6) is 5.75 Å². The molecule has 0 aliphatic heterocycles. The summed E-state index contributed by atoms with van der Waals surface area (Å²) in [6, 6.07) is 6.72. The molecule has 0 radical (unpaired) electrons. The van der Waals surface area contributed by atoms with Crippen LogP contribution < -0.4 is 9.46 Å². The molecule has 0 saturated carbocycles. The van der Waals surface area contributed by atoms with Crippen LogP contribution in [0, 0.1) is 0 Å². The second-order valence-corrected chi connectivity index (χ2v) is 6.52. The molecule has 6 nitrogen and oxygen atoms in total. The molecule has 8 heteroatoms. The Morgan fingerprint density at radius 2 is 2.05 bits per heavy atom. The van der Waals surface area contributed by atoms with Crippen LogP contribution in [0.25, 0.3) is 0 Å². The fraction of sp³-hybridized carbons (Fsp3) is 0.308. The Morgan fingerprint density at radius 3 is 2.62 bits per heavy atom. The minimum atomic E-state index is -3.81. The van der Waals surface area contributed by atoms with Crippen molar-refractivity contribution < 1.29 is 13.2 Å². The standard InChI is InChI=1S/C13H16ClN3O3S/c1-9(10-6-4-5-7-11(10)20-3)16-21(18,19)13-12(14)17(2)8-15-13/h4-9,16H,1-3H3. The molecule has 21 heavy (non-hydrogen) atoms. The number of aromatic nitrogens is 2. The number of hydrogen-bond acceptors (Lipinski definition) is 4. The highest BCUT2D eigenvalue weighted by Gasteiger charge is 2.25. The van der Waals surface area contributed by atoms with Crippen LogP contribution in [-0.2, 0) is 17.1 Å². The van der Waals surface area contributed by atoms with Crippen molar-refractivity contribution >= 4 is 21.6 Å². The minimum absolute atomic E-state index is 0.0646. The van der Waals surface area contributed by atoms with Crippen molar-refractivity contribution in [2.24, 2.45) is 7.05 Å². The molecule has 1 aromatic carbocycles. The zero-order valence-electron chi connectivity index (χ0n) is 11.9. The van der Waals surface area contributed by atoms with Gasteiger partial charge >= 0.3 is 0 Å². The molecule has 2 aromatic rings. The van der Waals surface area contributed by atoms with Gasteiger partial charge in [-0.15, -0.1) is 0 Å². The Bertz CT molecular complexity index is 743. The van der Waals surface area contributed by atoms with Gasteiger partial charge in [0.05, 0.1) is 13.4 Å². The molecule has 0 bridgehead atoms. The van der Waals surface area contributed by atoms with E-state index in [1.54, 1.807) is 26.1 Å². The molecule has 0 amide bonds. The van der Waals surface area contributed by atoms with E-state index < -0.39 is 16.1 Å². The Kier molecular flexibility index (Phi) is 4.55. The van der Waals surface area contributed by atoms with Crippen LogP contribution in [0.3, 0.4) is 0 Å². The minimum Gasteiger partial charge on any atom is -0.496 e. The molecule has 114 valence electrons. The summed E-state index contributed by atoms with van der Waals surface area (Å²) in [5.74, 6) is 0.611. The van der Waals surface area contributed by atoms with Gasteiger partial charge in [0.25, 0.3) is 10.0 Å². The average Bonchev–Trinajstić information content (AvgIpc) is 2.79. The summed E-state index contributed by atoms with van der Waals surface area (Å²) >= 11 is 5.94. The first-order chi connectivity index (χ1) is 9.86. The molecule has 1 heterocycles. The number of nitrogens with one attached hydrogen (secondary N) is 1. The van der Waals surface area contributed by atoms with Crippen molar-refractivity contribution in [1.29, 1.82) is 0 Å². The van der Waals surface area contributed by atoms with Crippen LogP contribution in [-0.4, -0.2) is 25.1 Å². The largest absolute Gasteiger partial charge is 0.496 e. The van der Waals surface area contributed by atoms with Gasteiger partial charge in [0.2, 0.25) is 5.03 Å². The summed E-state index contributed by atoms with van der Waals surface area (Å²) in [4.78, 5) is 3.83. The van der Waals surface area contributed by atoms with Crippen LogP contribution >= 0.6 is 11.6 Å². The van der Waals surface area contributed by atoms with E-state index in [-0.39, 0.29) is 10.2 Å². The smallest absolute Gasteiger partial charge is 0.261 e. The van der Waals surface area contributed by atoms with Gasteiger partial charge in [-0.25, -0.2) is 18.1 Å². The lowest BCUT2D eigenvalue weighted by Crippen LogP contribution is -2.27. The monoisotopic (exact) mass is 329 g/mol. The van der Waals surface area contributed by atoms with E-state index in [0.29, 0.717) is 5.75 Å². The van der Waals surface area contributed by atoms with Crippen molar-refractivity contribution in [1.82, 2.24) is 14.3 Å². The number of sulfonamides is 1. The molecular formula is C13H16ClN3O3S. The molecule has 0 saturated heterocycles. The van der Waals surface area contributed by atoms with Crippen molar-refractivity contribution in [2.45, 2.75) is 18.0 Å². The third kappa shape index (κ3) is 3.20. The van der Waals surface area contributed by atoms with Crippen molar-refractivity contribution in [3.8, 4) is 5.75 Å². The number of benzene rings is 1. The summed E-state index contributed by atoms with van der Waals surface area (Å²) < 4.78 is 33.9. The van der Waals surface area contributed by atoms with Gasteiger partial charge in [-0.2, -0.15) is 0 Å². The van der Waals surface area contributed by atoms with Gasteiger partial charge in [0.1, 0.15) is 10.9 Å². The Labute approximate surface area is 128 Å². The van der Waals surface area contributed by atoms with Gasteiger partial charge in [0.15, 0.2) is 0 Å². The molecule has 2 rings (SSSR count). The first-order valence-corrected chi connectivity index (χ1v) is 8.05. The second kappa shape index (κ2) is 6.05. The van der Waals surface area contributed by atoms with Crippen LogP contribution in [0.4, 0.5) is 0 Å². The molecular weight excluding hydrogens is 314 g/mol. The molecule has 1 atom stereocenters. The Morgan fingerprint density at radius 1 is 1.38 bits per heavy atom. The number of hydrogen-bond donors (Lipinski definition) is 1. The van der Waals surface area contributed by atoms with E-state index >= 15 is 0 Å². The zero-order chi connectivity index (χ0) is 15.6. The highest BCUT2D eigenvalue weighted by Crippen LogP contribution is 2.27. The number of rotatable bonds is 5.